The molecule has 1 aromatic heterocycles. The first-order chi connectivity index (χ1) is 9.65. The van der Waals surface area contributed by atoms with Crippen molar-refractivity contribution >= 4 is 22.7 Å². The Morgan fingerprint density at radius 3 is 2.45 bits per heavy atom. The molecule has 4 heteroatoms. The molecule has 2 aromatic carbocycles. The number of hydrogen-bond acceptors (Lipinski definition) is 4. The summed E-state index contributed by atoms with van der Waals surface area (Å²) in [5, 5.41) is 0.893. The predicted octanol–water partition coefficient (Wildman–Crippen LogP) is 2.69. The quantitative estimate of drug-likeness (QED) is 0.746. The standard InChI is InChI=1S/C16H16N4/c1-10-5-2-3-6-11(10)9-12-7-4-8-13-14(12)15(17)20-16(18)19-13/h2-8H,9H2,1H3,(H4,17,18,19,20). The minimum absolute atomic E-state index is 0.211. The van der Waals surface area contributed by atoms with Gasteiger partial charge in [-0.15, -0.1) is 0 Å². The molecule has 0 aliphatic carbocycles. The highest BCUT2D eigenvalue weighted by Gasteiger charge is 2.09. The predicted molar refractivity (Wildman–Crippen MR) is 82.3 cm³/mol. The zero-order valence-corrected chi connectivity index (χ0v) is 11.3. The van der Waals surface area contributed by atoms with E-state index in [1.165, 1.54) is 11.1 Å². The first-order valence-electron chi connectivity index (χ1n) is 6.50. The number of fused-ring (bicyclic) bond motifs is 1. The van der Waals surface area contributed by atoms with E-state index in [-0.39, 0.29) is 5.95 Å². The van der Waals surface area contributed by atoms with Crippen molar-refractivity contribution < 1.29 is 0 Å². The number of nitrogens with two attached hydrogens (primary N) is 2. The van der Waals surface area contributed by atoms with Crippen LogP contribution in [0.5, 0.6) is 0 Å². The van der Waals surface area contributed by atoms with E-state index < -0.39 is 0 Å². The zero-order valence-electron chi connectivity index (χ0n) is 11.3. The van der Waals surface area contributed by atoms with E-state index in [0.717, 1.165) is 22.9 Å². The molecule has 0 unspecified atom stereocenters. The molecule has 3 rings (SSSR count). The molecule has 0 bridgehead atoms. The topological polar surface area (TPSA) is 77.8 Å². The van der Waals surface area contributed by atoms with Crippen molar-refractivity contribution in [2.75, 3.05) is 11.5 Å². The van der Waals surface area contributed by atoms with Crippen LogP contribution < -0.4 is 11.5 Å². The normalized spacial score (nSPS) is 10.8. The van der Waals surface area contributed by atoms with Crippen molar-refractivity contribution in [3.8, 4) is 0 Å². The third kappa shape index (κ3) is 2.16. The zero-order chi connectivity index (χ0) is 14.1. The molecule has 3 aromatic rings. The summed E-state index contributed by atoms with van der Waals surface area (Å²) in [7, 11) is 0. The first kappa shape index (κ1) is 12.4. The molecule has 0 atom stereocenters. The van der Waals surface area contributed by atoms with Gasteiger partial charge in [-0.25, -0.2) is 4.98 Å². The average Bonchev–Trinajstić information content (AvgIpc) is 2.41. The number of nitrogens with zero attached hydrogens (tertiary/aromatic N) is 2. The Morgan fingerprint density at radius 1 is 0.900 bits per heavy atom. The maximum absolute atomic E-state index is 6.02. The Balaban J connectivity index is 2.15. The molecule has 0 fully saturated rings. The smallest absolute Gasteiger partial charge is 0.222 e. The molecular formula is C16H16N4. The van der Waals surface area contributed by atoms with Gasteiger partial charge in [0.25, 0.3) is 0 Å². The number of benzene rings is 2. The largest absolute Gasteiger partial charge is 0.383 e. The van der Waals surface area contributed by atoms with Gasteiger partial charge in [-0.1, -0.05) is 36.4 Å². The SMILES string of the molecule is Cc1ccccc1Cc1cccc2nc(N)nc(N)c12. The number of rotatable bonds is 2. The van der Waals surface area contributed by atoms with Gasteiger partial charge in [0.05, 0.1) is 5.52 Å². The van der Waals surface area contributed by atoms with Crippen molar-refractivity contribution in [2.45, 2.75) is 13.3 Å². The van der Waals surface area contributed by atoms with E-state index in [9.17, 15) is 0 Å². The number of anilines is 2. The van der Waals surface area contributed by atoms with E-state index in [2.05, 4.69) is 35.1 Å². The van der Waals surface area contributed by atoms with Crippen LogP contribution in [0.4, 0.5) is 11.8 Å². The summed E-state index contributed by atoms with van der Waals surface area (Å²) in [5.74, 6) is 0.653. The van der Waals surface area contributed by atoms with Crippen molar-refractivity contribution in [1.82, 2.24) is 9.97 Å². The summed E-state index contributed by atoms with van der Waals surface area (Å²) in [5.41, 5.74) is 16.1. The Bertz CT molecular complexity index is 781. The fourth-order valence-electron chi connectivity index (χ4n) is 2.46. The summed E-state index contributed by atoms with van der Waals surface area (Å²) in [6.45, 7) is 2.11. The molecule has 100 valence electrons. The molecule has 4 nitrogen and oxygen atoms in total. The third-order valence-corrected chi connectivity index (χ3v) is 3.50. The number of hydrogen-bond donors (Lipinski definition) is 2. The lowest BCUT2D eigenvalue weighted by molar-refractivity contribution is 1.16. The molecule has 0 aliphatic rings. The summed E-state index contributed by atoms with van der Waals surface area (Å²) < 4.78 is 0. The van der Waals surface area contributed by atoms with E-state index in [1.54, 1.807) is 0 Å². The van der Waals surface area contributed by atoms with Gasteiger partial charge < -0.3 is 11.5 Å². The van der Waals surface area contributed by atoms with Crippen LogP contribution in [0, 0.1) is 6.92 Å². The van der Waals surface area contributed by atoms with Gasteiger partial charge in [0.1, 0.15) is 5.82 Å². The Labute approximate surface area is 117 Å². The number of aryl methyl sites for hydroxylation is 1. The Hall–Kier alpha value is -2.62. The lowest BCUT2D eigenvalue weighted by Gasteiger charge is -2.10. The van der Waals surface area contributed by atoms with Crippen LogP contribution in [0.3, 0.4) is 0 Å². The Morgan fingerprint density at radius 2 is 1.65 bits per heavy atom. The lowest BCUT2D eigenvalue weighted by Crippen LogP contribution is -2.03. The molecular weight excluding hydrogens is 248 g/mol. The minimum atomic E-state index is 0.211. The minimum Gasteiger partial charge on any atom is -0.383 e. The van der Waals surface area contributed by atoms with Crippen molar-refractivity contribution in [2.24, 2.45) is 0 Å². The van der Waals surface area contributed by atoms with Crippen LogP contribution in [0.15, 0.2) is 42.5 Å². The molecule has 1 heterocycles. The third-order valence-electron chi connectivity index (χ3n) is 3.50. The summed E-state index contributed by atoms with van der Waals surface area (Å²) in [4.78, 5) is 8.32. The molecule has 0 aliphatic heterocycles. The fraction of sp³-hybridized carbons (Fsp3) is 0.125. The molecule has 20 heavy (non-hydrogen) atoms. The maximum Gasteiger partial charge on any atom is 0.222 e. The van der Waals surface area contributed by atoms with Crippen molar-refractivity contribution in [3.63, 3.8) is 0 Å². The molecule has 0 radical (unpaired) electrons. The number of nitrogen functional groups attached to an aromatic ring is 2. The number of aromatic nitrogens is 2. The van der Waals surface area contributed by atoms with Gasteiger partial charge in [0, 0.05) is 5.39 Å². The van der Waals surface area contributed by atoms with E-state index in [1.807, 2.05) is 24.3 Å². The Kier molecular flexibility index (Phi) is 2.99. The summed E-state index contributed by atoms with van der Waals surface area (Å²) >= 11 is 0. The average molecular weight is 264 g/mol. The van der Waals surface area contributed by atoms with Gasteiger partial charge >= 0.3 is 0 Å². The van der Waals surface area contributed by atoms with E-state index >= 15 is 0 Å². The highest BCUT2D eigenvalue weighted by molar-refractivity contribution is 5.92. The van der Waals surface area contributed by atoms with E-state index in [0.29, 0.717) is 5.82 Å². The van der Waals surface area contributed by atoms with Gasteiger partial charge in [-0.3, -0.25) is 0 Å². The van der Waals surface area contributed by atoms with Crippen LogP contribution >= 0.6 is 0 Å². The van der Waals surface area contributed by atoms with Gasteiger partial charge in [0.15, 0.2) is 0 Å². The van der Waals surface area contributed by atoms with Gasteiger partial charge in [0.2, 0.25) is 5.95 Å². The first-order valence-corrected chi connectivity index (χ1v) is 6.50. The van der Waals surface area contributed by atoms with E-state index in [4.69, 9.17) is 11.5 Å². The highest BCUT2D eigenvalue weighted by Crippen LogP contribution is 2.25. The second-order valence-electron chi connectivity index (χ2n) is 4.88. The molecule has 4 N–H and O–H groups in total. The maximum atomic E-state index is 6.02. The summed E-state index contributed by atoms with van der Waals surface area (Å²) in [6, 6.07) is 14.3. The van der Waals surface area contributed by atoms with Crippen molar-refractivity contribution in [3.05, 3.63) is 59.2 Å². The molecule has 0 spiro atoms. The van der Waals surface area contributed by atoms with Gasteiger partial charge in [-0.05, 0) is 36.1 Å². The molecule has 0 amide bonds. The molecule has 0 saturated heterocycles. The second-order valence-corrected chi connectivity index (χ2v) is 4.88. The van der Waals surface area contributed by atoms with Crippen LogP contribution in [0.2, 0.25) is 0 Å². The van der Waals surface area contributed by atoms with Crippen LogP contribution in [0.1, 0.15) is 16.7 Å². The highest BCUT2D eigenvalue weighted by atomic mass is 15.0. The monoisotopic (exact) mass is 264 g/mol. The van der Waals surface area contributed by atoms with Gasteiger partial charge in [-0.2, -0.15) is 4.98 Å². The second kappa shape index (κ2) is 4.81. The lowest BCUT2D eigenvalue weighted by atomic mass is 9.98. The van der Waals surface area contributed by atoms with Crippen LogP contribution in [-0.4, -0.2) is 9.97 Å². The van der Waals surface area contributed by atoms with Crippen molar-refractivity contribution in [1.29, 1.82) is 0 Å². The summed E-state index contributed by atoms with van der Waals surface area (Å²) in [6.07, 6.45) is 0.807. The molecule has 0 saturated carbocycles. The van der Waals surface area contributed by atoms with Crippen LogP contribution in [-0.2, 0) is 6.42 Å². The van der Waals surface area contributed by atoms with Crippen LogP contribution in [0.25, 0.3) is 10.9 Å². The fourth-order valence-corrected chi connectivity index (χ4v) is 2.46.